The third-order valence-corrected chi connectivity index (χ3v) is 4.24. The fourth-order valence-electron chi connectivity index (χ4n) is 2.48. The molecule has 1 aliphatic carbocycles. The molecular weight excluding hydrogens is 323 g/mol. The number of halogens is 1. The number of nitrogens with zero attached hydrogens (tertiary/aromatic N) is 1. The van der Waals surface area contributed by atoms with Crippen molar-refractivity contribution in [1.29, 1.82) is 5.26 Å². The Bertz CT molecular complexity index is 407. The van der Waals surface area contributed by atoms with Gasteiger partial charge in [-0.1, -0.05) is 18.6 Å². The summed E-state index contributed by atoms with van der Waals surface area (Å²) in [6.45, 7) is 2.18. The summed E-state index contributed by atoms with van der Waals surface area (Å²) in [6, 6.07) is 11.7. The lowest BCUT2D eigenvalue weighted by atomic mass is 10.0. The van der Waals surface area contributed by atoms with Crippen LogP contribution in [0.4, 0.5) is 0 Å². The molecule has 1 saturated carbocycles. The first kappa shape index (κ1) is 12.8. The van der Waals surface area contributed by atoms with E-state index in [1.54, 1.807) is 0 Å². The highest BCUT2D eigenvalue weighted by atomic mass is 127. The number of nitrogens with one attached hydrogen (secondary N) is 1. The van der Waals surface area contributed by atoms with Gasteiger partial charge in [0.15, 0.2) is 0 Å². The van der Waals surface area contributed by atoms with Gasteiger partial charge in [-0.05, 0) is 60.1 Å². The summed E-state index contributed by atoms with van der Waals surface area (Å²) in [6.07, 6.45) is 3.36. The maximum atomic E-state index is 9.07. The monoisotopic (exact) mass is 340 g/mol. The highest BCUT2D eigenvalue weighted by Gasteiger charge is 2.28. The van der Waals surface area contributed by atoms with Gasteiger partial charge in [-0.25, -0.2) is 0 Å². The Morgan fingerprint density at radius 2 is 2.06 bits per heavy atom. The van der Waals surface area contributed by atoms with E-state index in [2.05, 4.69) is 65.2 Å². The number of nitriles is 1. The second-order valence-corrected chi connectivity index (χ2v) is 5.96. The molecule has 0 radical (unpaired) electrons. The molecule has 0 bridgehead atoms. The van der Waals surface area contributed by atoms with Crippen molar-refractivity contribution < 1.29 is 0 Å². The molecule has 1 aromatic carbocycles. The summed E-state index contributed by atoms with van der Waals surface area (Å²) in [5.74, 6) is 0.196. The molecule has 3 atom stereocenters. The lowest BCUT2D eigenvalue weighted by molar-refractivity contribution is 0.417. The van der Waals surface area contributed by atoms with Gasteiger partial charge in [0.2, 0.25) is 0 Å². The van der Waals surface area contributed by atoms with Crippen LogP contribution in [-0.4, -0.2) is 6.04 Å². The first-order chi connectivity index (χ1) is 8.20. The number of hydrogen-bond acceptors (Lipinski definition) is 2. The van der Waals surface area contributed by atoms with Crippen LogP contribution in [0.2, 0.25) is 0 Å². The molecule has 90 valence electrons. The van der Waals surface area contributed by atoms with E-state index in [1.165, 1.54) is 15.6 Å². The van der Waals surface area contributed by atoms with Crippen molar-refractivity contribution >= 4 is 22.6 Å². The maximum Gasteiger partial charge on any atom is 0.0672 e. The van der Waals surface area contributed by atoms with E-state index in [4.69, 9.17) is 5.26 Å². The Labute approximate surface area is 117 Å². The first-order valence-corrected chi connectivity index (χ1v) is 7.19. The average Bonchev–Trinajstić information content (AvgIpc) is 2.77. The molecule has 3 unspecified atom stereocenters. The van der Waals surface area contributed by atoms with E-state index in [-0.39, 0.29) is 5.92 Å². The van der Waals surface area contributed by atoms with E-state index >= 15 is 0 Å². The van der Waals surface area contributed by atoms with E-state index in [1.807, 2.05) is 0 Å². The summed E-state index contributed by atoms with van der Waals surface area (Å²) < 4.78 is 1.26. The zero-order chi connectivity index (χ0) is 12.3. The SMILES string of the molecule is CC(NC1CCCC1C#N)c1ccc(I)cc1. The van der Waals surface area contributed by atoms with E-state index in [0.717, 1.165) is 12.8 Å². The maximum absolute atomic E-state index is 9.07. The number of hydrogen-bond donors (Lipinski definition) is 1. The molecule has 0 spiro atoms. The highest BCUT2D eigenvalue weighted by Crippen LogP contribution is 2.27. The molecule has 1 aliphatic rings. The molecule has 2 nitrogen and oxygen atoms in total. The lowest BCUT2D eigenvalue weighted by Crippen LogP contribution is -2.33. The van der Waals surface area contributed by atoms with Crippen molar-refractivity contribution in [1.82, 2.24) is 5.32 Å². The van der Waals surface area contributed by atoms with Crippen molar-refractivity contribution in [2.75, 3.05) is 0 Å². The minimum Gasteiger partial charge on any atom is -0.306 e. The van der Waals surface area contributed by atoms with Crippen molar-refractivity contribution in [3.63, 3.8) is 0 Å². The molecule has 0 heterocycles. The van der Waals surface area contributed by atoms with Gasteiger partial charge in [-0.3, -0.25) is 0 Å². The Kier molecular flexibility index (Phi) is 4.41. The summed E-state index contributed by atoms with van der Waals surface area (Å²) in [4.78, 5) is 0. The fourth-order valence-corrected chi connectivity index (χ4v) is 2.84. The van der Waals surface area contributed by atoms with Gasteiger partial charge in [0.05, 0.1) is 12.0 Å². The molecule has 1 aromatic rings. The van der Waals surface area contributed by atoms with Crippen molar-refractivity contribution in [2.45, 2.75) is 38.3 Å². The largest absolute Gasteiger partial charge is 0.306 e. The summed E-state index contributed by atoms with van der Waals surface area (Å²) in [5.41, 5.74) is 1.30. The van der Waals surface area contributed by atoms with E-state index in [9.17, 15) is 0 Å². The molecule has 0 aromatic heterocycles. The van der Waals surface area contributed by atoms with Crippen LogP contribution in [0.15, 0.2) is 24.3 Å². The topological polar surface area (TPSA) is 35.8 Å². The zero-order valence-corrected chi connectivity index (χ0v) is 12.1. The second kappa shape index (κ2) is 5.83. The van der Waals surface area contributed by atoms with Gasteiger partial charge in [0.1, 0.15) is 0 Å². The van der Waals surface area contributed by atoms with E-state index in [0.29, 0.717) is 12.1 Å². The third-order valence-electron chi connectivity index (χ3n) is 3.52. The smallest absolute Gasteiger partial charge is 0.0672 e. The number of benzene rings is 1. The lowest BCUT2D eigenvalue weighted by Gasteiger charge is -2.22. The molecule has 3 heteroatoms. The van der Waals surface area contributed by atoms with Crippen LogP contribution in [-0.2, 0) is 0 Å². The van der Waals surface area contributed by atoms with Crippen LogP contribution in [0.3, 0.4) is 0 Å². The van der Waals surface area contributed by atoms with Gasteiger partial charge in [0, 0.05) is 15.7 Å². The molecular formula is C14H17IN2. The normalized spacial score (nSPS) is 25.5. The Balaban J connectivity index is 1.99. The van der Waals surface area contributed by atoms with Gasteiger partial charge >= 0.3 is 0 Å². The van der Waals surface area contributed by atoms with Crippen molar-refractivity contribution in [3.8, 4) is 6.07 Å². The summed E-state index contributed by atoms with van der Waals surface area (Å²) in [5, 5.41) is 12.7. The van der Waals surface area contributed by atoms with Crippen LogP contribution in [0, 0.1) is 20.8 Å². The van der Waals surface area contributed by atoms with Crippen molar-refractivity contribution in [2.24, 2.45) is 5.92 Å². The molecule has 1 N–H and O–H groups in total. The van der Waals surface area contributed by atoms with Gasteiger partial charge in [-0.2, -0.15) is 5.26 Å². The Morgan fingerprint density at radius 1 is 1.35 bits per heavy atom. The van der Waals surface area contributed by atoms with Crippen LogP contribution in [0.5, 0.6) is 0 Å². The standard InChI is InChI=1S/C14H17IN2/c1-10(11-5-7-13(15)8-6-11)17-14-4-2-3-12(14)9-16/h5-8,10,12,14,17H,2-4H2,1H3. The van der Waals surface area contributed by atoms with Gasteiger partial charge in [-0.15, -0.1) is 0 Å². The minimum absolute atomic E-state index is 0.196. The Hall–Kier alpha value is -0.600. The van der Waals surface area contributed by atoms with Crippen LogP contribution in [0.25, 0.3) is 0 Å². The first-order valence-electron chi connectivity index (χ1n) is 6.12. The predicted molar refractivity (Wildman–Crippen MR) is 77.5 cm³/mol. The van der Waals surface area contributed by atoms with Crippen LogP contribution >= 0.6 is 22.6 Å². The van der Waals surface area contributed by atoms with Crippen molar-refractivity contribution in [3.05, 3.63) is 33.4 Å². The summed E-state index contributed by atoms with van der Waals surface area (Å²) >= 11 is 2.32. The average molecular weight is 340 g/mol. The fraction of sp³-hybridized carbons (Fsp3) is 0.500. The van der Waals surface area contributed by atoms with Crippen LogP contribution in [0.1, 0.15) is 37.8 Å². The number of rotatable bonds is 3. The molecule has 2 rings (SSSR count). The predicted octanol–water partition coefficient (Wildman–Crippen LogP) is 3.63. The summed E-state index contributed by atoms with van der Waals surface area (Å²) in [7, 11) is 0. The van der Waals surface area contributed by atoms with E-state index < -0.39 is 0 Å². The highest BCUT2D eigenvalue weighted by molar-refractivity contribution is 14.1. The van der Waals surface area contributed by atoms with Gasteiger partial charge < -0.3 is 5.32 Å². The molecule has 0 saturated heterocycles. The Morgan fingerprint density at radius 3 is 2.71 bits per heavy atom. The molecule has 0 amide bonds. The third kappa shape index (κ3) is 3.20. The second-order valence-electron chi connectivity index (χ2n) is 4.71. The minimum atomic E-state index is 0.196. The zero-order valence-electron chi connectivity index (χ0n) is 9.99. The molecule has 0 aliphatic heterocycles. The molecule has 1 fully saturated rings. The van der Waals surface area contributed by atoms with Gasteiger partial charge in [0.25, 0.3) is 0 Å². The quantitative estimate of drug-likeness (QED) is 0.853. The molecule has 17 heavy (non-hydrogen) atoms. The van der Waals surface area contributed by atoms with Crippen LogP contribution < -0.4 is 5.32 Å².